The third-order valence-corrected chi connectivity index (χ3v) is 5.74. The van der Waals surface area contributed by atoms with Crippen molar-refractivity contribution in [1.82, 2.24) is 9.88 Å². The van der Waals surface area contributed by atoms with Crippen molar-refractivity contribution in [2.45, 2.75) is 12.5 Å². The van der Waals surface area contributed by atoms with Crippen LogP contribution in [-0.4, -0.2) is 29.1 Å². The summed E-state index contributed by atoms with van der Waals surface area (Å²) in [7, 11) is 0. The zero-order valence-corrected chi connectivity index (χ0v) is 15.6. The van der Waals surface area contributed by atoms with Gasteiger partial charge in [0, 0.05) is 23.1 Å². The summed E-state index contributed by atoms with van der Waals surface area (Å²) in [5.74, 6) is 1.65. The molecule has 0 saturated carbocycles. The first-order chi connectivity index (χ1) is 14.3. The number of para-hydroxylation sites is 1. The SMILES string of the molecule is O=C(c1ccco1)N1CCc2c([nH]c3ccccc23)[C@@H]1c1ccc2c(c1)OCO2. The van der Waals surface area contributed by atoms with Crippen molar-refractivity contribution < 1.29 is 18.7 Å². The Morgan fingerprint density at radius 1 is 1.03 bits per heavy atom. The van der Waals surface area contributed by atoms with Crippen LogP contribution in [0.1, 0.15) is 33.4 Å². The van der Waals surface area contributed by atoms with Crippen molar-refractivity contribution in [3.63, 3.8) is 0 Å². The first-order valence-electron chi connectivity index (χ1n) is 9.63. The van der Waals surface area contributed by atoms with Crippen LogP contribution in [0.15, 0.2) is 65.3 Å². The number of hydrogen-bond acceptors (Lipinski definition) is 4. The molecular weight excluding hydrogens is 368 g/mol. The molecule has 0 saturated heterocycles. The summed E-state index contributed by atoms with van der Waals surface area (Å²) in [6.07, 6.45) is 2.31. The topological polar surface area (TPSA) is 67.7 Å². The smallest absolute Gasteiger partial charge is 0.290 e. The molecule has 0 bridgehead atoms. The number of furan rings is 1. The Kier molecular flexibility index (Phi) is 3.47. The van der Waals surface area contributed by atoms with E-state index < -0.39 is 0 Å². The van der Waals surface area contributed by atoms with E-state index in [2.05, 4.69) is 17.1 Å². The van der Waals surface area contributed by atoms with E-state index in [1.54, 1.807) is 12.1 Å². The van der Waals surface area contributed by atoms with E-state index in [-0.39, 0.29) is 18.7 Å². The van der Waals surface area contributed by atoms with Gasteiger partial charge in [-0.15, -0.1) is 0 Å². The molecule has 1 amide bonds. The van der Waals surface area contributed by atoms with Crippen LogP contribution in [0.2, 0.25) is 0 Å². The molecule has 6 rings (SSSR count). The van der Waals surface area contributed by atoms with Gasteiger partial charge in [-0.3, -0.25) is 4.79 Å². The number of aromatic nitrogens is 1. The zero-order chi connectivity index (χ0) is 19.4. The molecule has 2 aromatic heterocycles. The molecule has 0 radical (unpaired) electrons. The lowest BCUT2D eigenvalue weighted by atomic mass is 9.92. The molecule has 0 spiro atoms. The Hall–Kier alpha value is -3.67. The lowest BCUT2D eigenvalue weighted by Crippen LogP contribution is -2.40. The summed E-state index contributed by atoms with van der Waals surface area (Å²) >= 11 is 0. The first kappa shape index (κ1) is 16.3. The van der Waals surface area contributed by atoms with Crippen LogP contribution in [0.5, 0.6) is 11.5 Å². The van der Waals surface area contributed by atoms with E-state index >= 15 is 0 Å². The van der Waals surface area contributed by atoms with Gasteiger partial charge in [-0.1, -0.05) is 24.3 Å². The van der Waals surface area contributed by atoms with E-state index in [4.69, 9.17) is 13.9 Å². The minimum atomic E-state index is -0.266. The molecular formula is C23H18N2O4. The first-order valence-corrected chi connectivity index (χ1v) is 9.63. The van der Waals surface area contributed by atoms with Gasteiger partial charge in [0.2, 0.25) is 6.79 Å². The number of ether oxygens (including phenoxy) is 2. The molecule has 2 aromatic carbocycles. The lowest BCUT2D eigenvalue weighted by Gasteiger charge is -2.35. The molecule has 0 fully saturated rings. The van der Waals surface area contributed by atoms with Crippen molar-refractivity contribution in [3.05, 3.63) is 83.4 Å². The van der Waals surface area contributed by atoms with Crippen LogP contribution in [0.4, 0.5) is 0 Å². The zero-order valence-electron chi connectivity index (χ0n) is 15.6. The molecule has 2 aliphatic heterocycles. The highest BCUT2D eigenvalue weighted by molar-refractivity contribution is 5.93. The number of nitrogens with one attached hydrogen (secondary N) is 1. The maximum absolute atomic E-state index is 13.3. The molecule has 0 unspecified atom stereocenters. The Morgan fingerprint density at radius 3 is 2.83 bits per heavy atom. The number of hydrogen-bond donors (Lipinski definition) is 1. The Bertz CT molecular complexity index is 1230. The molecule has 6 heteroatoms. The number of amides is 1. The highest BCUT2D eigenvalue weighted by Crippen LogP contribution is 2.42. The fourth-order valence-corrected chi connectivity index (χ4v) is 4.43. The van der Waals surface area contributed by atoms with Gasteiger partial charge < -0.3 is 23.8 Å². The van der Waals surface area contributed by atoms with Gasteiger partial charge in [-0.05, 0) is 47.9 Å². The van der Waals surface area contributed by atoms with Crippen molar-refractivity contribution >= 4 is 16.8 Å². The number of fused-ring (bicyclic) bond motifs is 4. The fourth-order valence-electron chi connectivity index (χ4n) is 4.43. The monoisotopic (exact) mass is 386 g/mol. The maximum atomic E-state index is 13.3. The average molecular weight is 386 g/mol. The summed E-state index contributed by atoms with van der Waals surface area (Å²) in [5, 5.41) is 1.21. The molecule has 6 nitrogen and oxygen atoms in total. The quantitative estimate of drug-likeness (QED) is 0.558. The molecule has 4 aromatic rings. The van der Waals surface area contributed by atoms with Crippen LogP contribution in [0.25, 0.3) is 10.9 Å². The largest absolute Gasteiger partial charge is 0.459 e. The van der Waals surface area contributed by atoms with Crippen LogP contribution < -0.4 is 9.47 Å². The number of benzene rings is 2. The summed E-state index contributed by atoms with van der Waals surface area (Å²) < 4.78 is 16.5. The molecule has 144 valence electrons. The van der Waals surface area contributed by atoms with Gasteiger partial charge in [0.15, 0.2) is 17.3 Å². The summed E-state index contributed by atoms with van der Waals surface area (Å²) in [6.45, 7) is 0.823. The predicted molar refractivity (Wildman–Crippen MR) is 106 cm³/mol. The second-order valence-corrected chi connectivity index (χ2v) is 7.30. The van der Waals surface area contributed by atoms with E-state index in [1.165, 1.54) is 17.2 Å². The fraction of sp³-hybridized carbons (Fsp3) is 0.174. The van der Waals surface area contributed by atoms with Gasteiger partial charge in [-0.2, -0.15) is 0 Å². The predicted octanol–water partition coefficient (Wildman–Crippen LogP) is 4.28. The lowest BCUT2D eigenvalue weighted by molar-refractivity contribution is 0.0659. The molecule has 4 heterocycles. The van der Waals surface area contributed by atoms with E-state index in [1.807, 2.05) is 35.2 Å². The molecule has 1 atom stereocenters. The molecule has 29 heavy (non-hydrogen) atoms. The minimum absolute atomic E-state index is 0.123. The van der Waals surface area contributed by atoms with Gasteiger partial charge >= 0.3 is 0 Å². The van der Waals surface area contributed by atoms with E-state index in [9.17, 15) is 4.79 Å². The Balaban J connectivity index is 1.53. The average Bonchev–Trinajstić information content (AvgIpc) is 3.51. The van der Waals surface area contributed by atoms with Crippen LogP contribution in [0, 0.1) is 0 Å². The van der Waals surface area contributed by atoms with Crippen molar-refractivity contribution in [2.24, 2.45) is 0 Å². The molecule has 1 N–H and O–H groups in total. The van der Waals surface area contributed by atoms with Crippen LogP contribution >= 0.6 is 0 Å². The Labute approximate surface area is 166 Å². The number of rotatable bonds is 2. The Morgan fingerprint density at radius 2 is 1.93 bits per heavy atom. The second kappa shape index (κ2) is 6.17. The van der Waals surface area contributed by atoms with Gasteiger partial charge in [0.1, 0.15) is 0 Å². The number of aromatic amines is 1. The van der Waals surface area contributed by atoms with E-state index in [0.717, 1.165) is 28.9 Å². The number of H-pyrrole nitrogens is 1. The minimum Gasteiger partial charge on any atom is -0.459 e. The molecule has 0 aliphatic carbocycles. The molecule has 2 aliphatic rings. The maximum Gasteiger partial charge on any atom is 0.290 e. The van der Waals surface area contributed by atoms with Gasteiger partial charge in [0.25, 0.3) is 5.91 Å². The van der Waals surface area contributed by atoms with E-state index in [0.29, 0.717) is 18.1 Å². The highest BCUT2D eigenvalue weighted by atomic mass is 16.7. The summed E-state index contributed by atoms with van der Waals surface area (Å²) in [4.78, 5) is 18.7. The summed E-state index contributed by atoms with van der Waals surface area (Å²) in [5.41, 5.74) is 4.35. The number of carbonyl (C=O) groups excluding carboxylic acids is 1. The third kappa shape index (κ3) is 2.45. The van der Waals surface area contributed by atoms with Crippen molar-refractivity contribution in [2.75, 3.05) is 13.3 Å². The normalized spacial score (nSPS) is 17.5. The second-order valence-electron chi connectivity index (χ2n) is 7.30. The van der Waals surface area contributed by atoms with Crippen LogP contribution in [0.3, 0.4) is 0 Å². The number of carbonyl (C=O) groups is 1. The standard InChI is InChI=1S/C23H18N2O4/c26-23(19-6-3-11-27-19)25-10-9-16-15-4-1-2-5-17(15)24-21(16)22(25)14-7-8-18-20(12-14)29-13-28-18/h1-8,11-12,22,24H,9-10,13H2/t22-/m0/s1. The highest BCUT2D eigenvalue weighted by Gasteiger charge is 2.36. The number of nitrogens with zero attached hydrogens (tertiary/aromatic N) is 1. The van der Waals surface area contributed by atoms with Crippen molar-refractivity contribution in [1.29, 1.82) is 0 Å². The van der Waals surface area contributed by atoms with Crippen LogP contribution in [-0.2, 0) is 6.42 Å². The van der Waals surface area contributed by atoms with Crippen molar-refractivity contribution in [3.8, 4) is 11.5 Å². The third-order valence-electron chi connectivity index (χ3n) is 5.74. The van der Waals surface area contributed by atoms with Gasteiger partial charge in [0.05, 0.1) is 12.3 Å². The van der Waals surface area contributed by atoms with Gasteiger partial charge in [-0.25, -0.2) is 0 Å². The summed E-state index contributed by atoms with van der Waals surface area (Å²) in [6, 6.07) is 17.3.